The molecular weight excluding hydrogens is 396 g/mol. The first-order valence-corrected chi connectivity index (χ1v) is 10.4. The number of anilines is 1. The van der Waals surface area contributed by atoms with Gasteiger partial charge in [-0.3, -0.25) is 15.0 Å². The van der Waals surface area contributed by atoms with Crippen molar-refractivity contribution in [2.45, 2.75) is 32.1 Å². The Morgan fingerprint density at radius 2 is 1.65 bits per heavy atom. The molecule has 0 heterocycles. The van der Waals surface area contributed by atoms with Gasteiger partial charge in [0.1, 0.15) is 12.4 Å². The predicted molar refractivity (Wildman–Crippen MR) is 118 cm³/mol. The molecule has 3 rings (SSSR count). The van der Waals surface area contributed by atoms with Gasteiger partial charge in [0.2, 0.25) is 5.91 Å². The number of amides is 2. The first-order valence-electron chi connectivity index (χ1n) is 10.4. The molecule has 164 valence electrons. The topological polar surface area (TPSA) is 140 Å². The molecule has 0 unspecified atom stereocenters. The van der Waals surface area contributed by atoms with Crippen LogP contribution >= 0.6 is 0 Å². The fourth-order valence-corrected chi connectivity index (χ4v) is 3.85. The highest BCUT2D eigenvalue weighted by atomic mass is 16.3. The second-order valence-electron chi connectivity index (χ2n) is 7.93. The molecule has 0 aromatic heterocycles. The van der Waals surface area contributed by atoms with E-state index >= 15 is 0 Å². The van der Waals surface area contributed by atoms with Gasteiger partial charge in [-0.05, 0) is 61.2 Å². The van der Waals surface area contributed by atoms with Crippen molar-refractivity contribution in [3.8, 4) is 11.5 Å². The number of benzene rings is 2. The van der Waals surface area contributed by atoms with Crippen LogP contribution in [0.15, 0.2) is 42.5 Å². The first-order chi connectivity index (χ1) is 14.8. The second-order valence-corrected chi connectivity index (χ2v) is 7.93. The number of aromatic hydroxyl groups is 2. The maximum absolute atomic E-state index is 13.1. The van der Waals surface area contributed by atoms with E-state index in [2.05, 4.69) is 5.32 Å². The Labute approximate surface area is 181 Å². The molecule has 2 aromatic rings. The minimum absolute atomic E-state index is 0.0562. The molecule has 1 aliphatic carbocycles. The summed E-state index contributed by atoms with van der Waals surface area (Å²) in [6.45, 7) is 0.322. The zero-order valence-electron chi connectivity index (χ0n) is 17.3. The van der Waals surface area contributed by atoms with Gasteiger partial charge >= 0.3 is 0 Å². The van der Waals surface area contributed by atoms with Crippen LogP contribution < -0.4 is 11.1 Å². The quantitative estimate of drug-likeness (QED) is 0.264. The van der Waals surface area contributed by atoms with Crippen LogP contribution in [0.4, 0.5) is 5.69 Å². The molecule has 0 saturated heterocycles. The SMILES string of the molecule is N=C(N)c1ccc(NC(=O)CN(CC2CCCCC2)C(=O)c2ccc(O)c(O)c2)cc1. The number of nitrogen functional groups attached to an aromatic ring is 1. The van der Waals surface area contributed by atoms with Gasteiger partial charge in [-0.15, -0.1) is 0 Å². The van der Waals surface area contributed by atoms with E-state index in [1.165, 1.54) is 29.5 Å². The molecule has 6 N–H and O–H groups in total. The number of phenols is 2. The summed E-state index contributed by atoms with van der Waals surface area (Å²) in [5, 5.41) is 29.5. The van der Waals surface area contributed by atoms with Crippen LogP contribution in [0.5, 0.6) is 11.5 Å². The molecular formula is C23H28N4O4. The molecule has 1 fully saturated rings. The number of carbonyl (C=O) groups excluding carboxylic acids is 2. The molecule has 31 heavy (non-hydrogen) atoms. The number of amidine groups is 1. The Balaban J connectivity index is 1.73. The summed E-state index contributed by atoms with van der Waals surface area (Å²) < 4.78 is 0. The molecule has 0 atom stereocenters. The number of nitrogens with two attached hydrogens (primary N) is 1. The first kappa shape index (κ1) is 22.1. The van der Waals surface area contributed by atoms with Crippen molar-refractivity contribution in [3.05, 3.63) is 53.6 Å². The van der Waals surface area contributed by atoms with Gasteiger partial charge in [-0.1, -0.05) is 19.3 Å². The molecule has 8 heteroatoms. The van der Waals surface area contributed by atoms with Gasteiger partial charge in [0.15, 0.2) is 11.5 Å². The molecule has 0 radical (unpaired) electrons. The lowest BCUT2D eigenvalue weighted by Gasteiger charge is -2.29. The number of nitrogens with zero attached hydrogens (tertiary/aromatic N) is 1. The van der Waals surface area contributed by atoms with Crippen molar-refractivity contribution in [3.63, 3.8) is 0 Å². The van der Waals surface area contributed by atoms with E-state index in [0.717, 1.165) is 25.7 Å². The summed E-state index contributed by atoms with van der Waals surface area (Å²) in [5.74, 6) is -1.13. The third-order valence-corrected chi connectivity index (χ3v) is 5.53. The van der Waals surface area contributed by atoms with Crippen molar-refractivity contribution < 1.29 is 19.8 Å². The van der Waals surface area contributed by atoms with Crippen molar-refractivity contribution in [2.75, 3.05) is 18.4 Å². The second kappa shape index (κ2) is 9.97. The highest BCUT2D eigenvalue weighted by Gasteiger charge is 2.24. The zero-order chi connectivity index (χ0) is 22.4. The Bertz CT molecular complexity index is 953. The fraction of sp³-hybridized carbons (Fsp3) is 0.348. The summed E-state index contributed by atoms with van der Waals surface area (Å²) in [4.78, 5) is 27.3. The van der Waals surface area contributed by atoms with Gasteiger partial charge in [-0.25, -0.2) is 0 Å². The van der Waals surface area contributed by atoms with E-state index in [0.29, 0.717) is 23.7 Å². The molecule has 2 amide bonds. The van der Waals surface area contributed by atoms with Crippen LogP contribution in [0.25, 0.3) is 0 Å². The lowest BCUT2D eigenvalue weighted by Crippen LogP contribution is -2.41. The van der Waals surface area contributed by atoms with Crippen LogP contribution in [-0.2, 0) is 4.79 Å². The third kappa shape index (κ3) is 5.97. The smallest absolute Gasteiger partial charge is 0.254 e. The predicted octanol–water partition coefficient (Wildman–Crippen LogP) is 3.04. The molecule has 1 aliphatic rings. The summed E-state index contributed by atoms with van der Waals surface area (Å²) in [6, 6.07) is 10.5. The molecule has 0 spiro atoms. The van der Waals surface area contributed by atoms with Crippen LogP contribution in [0.2, 0.25) is 0 Å². The number of phenolic OH excluding ortho intramolecular Hbond substituents is 2. The normalized spacial score (nSPS) is 14.1. The zero-order valence-corrected chi connectivity index (χ0v) is 17.3. The van der Waals surface area contributed by atoms with Crippen LogP contribution in [0.1, 0.15) is 48.0 Å². The standard InChI is InChI=1S/C23H28N4O4/c24-22(25)16-6-9-18(10-7-16)26-21(30)14-27(13-15-4-2-1-3-5-15)23(31)17-8-11-19(28)20(29)12-17/h6-12,15,28-29H,1-5,13-14H2,(H3,24,25)(H,26,30). The molecule has 0 aliphatic heterocycles. The lowest BCUT2D eigenvalue weighted by atomic mass is 9.89. The number of carbonyl (C=O) groups is 2. The fourth-order valence-electron chi connectivity index (χ4n) is 3.85. The van der Waals surface area contributed by atoms with E-state index in [4.69, 9.17) is 11.1 Å². The minimum atomic E-state index is -0.376. The molecule has 8 nitrogen and oxygen atoms in total. The van der Waals surface area contributed by atoms with E-state index in [-0.39, 0.29) is 41.3 Å². The van der Waals surface area contributed by atoms with Crippen molar-refractivity contribution in [1.82, 2.24) is 4.90 Å². The van der Waals surface area contributed by atoms with Gasteiger partial charge in [0, 0.05) is 23.4 Å². The van der Waals surface area contributed by atoms with Crippen LogP contribution in [0.3, 0.4) is 0 Å². The average molecular weight is 425 g/mol. The van der Waals surface area contributed by atoms with Crippen molar-refractivity contribution in [1.29, 1.82) is 5.41 Å². The van der Waals surface area contributed by atoms with E-state index in [1.807, 2.05) is 0 Å². The van der Waals surface area contributed by atoms with Gasteiger partial charge < -0.3 is 26.2 Å². The number of rotatable bonds is 7. The number of hydrogen-bond acceptors (Lipinski definition) is 5. The maximum atomic E-state index is 13.1. The maximum Gasteiger partial charge on any atom is 0.254 e. The van der Waals surface area contributed by atoms with Gasteiger partial charge in [0.05, 0.1) is 0 Å². The highest BCUT2D eigenvalue weighted by molar-refractivity contribution is 6.00. The van der Waals surface area contributed by atoms with Gasteiger partial charge in [0.25, 0.3) is 5.91 Å². The summed E-state index contributed by atoms with van der Waals surface area (Å²) in [7, 11) is 0. The third-order valence-electron chi connectivity index (χ3n) is 5.53. The Kier molecular flexibility index (Phi) is 7.12. The molecule has 0 bridgehead atoms. The minimum Gasteiger partial charge on any atom is -0.504 e. The Morgan fingerprint density at radius 1 is 1.00 bits per heavy atom. The average Bonchev–Trinajstić information content (AvgIpc) is 2.76. The summed E-state index contributed by atoms with van der Waals surface area (Å²) >= 11 is 0. The summed E-state index contributed by atoms with van der Waals surface area (Å²) in [5.41, 5.74) is 6.76. The summed E-state index contributed by atoms with van der Waals surface area (Å²) in [6.07, 6.45) is 5.44. The number of hydrogen-bond donors (Lipinski definition) is 5. The molecule has 2 aromatic carbocycles. The van der Waals surface area contributed by atoms with E-state index in [1.54, 1.807) is 24.3 Å². The van der Waals surface area contributed by atoms with Gasteiger partial charge in [-0.2, -0.15) is 0 Å². The largest absolute Gasteiger partial charge is 0.504 e. The lowest BCUT2D eigenvalue weighted by molar-refractivity contribution is -0.117. The van der Waals surface area contributed by atoms with E-state index in [9.17, 15) is 19.8 Å². The van der Waals surface area contributed by atoms with E-state index < -0.39 is 0 Å². The van der Waals surface area contributed by atoms with Crippen molar-refractivity contribution >= 4 is 23.3 Å². The number of nitrogens with one attached hydrogen (secondary N) is 2. The monoisotopic (exact) mass is 424 g/mol. The Morgan fingerprint density at radius 3 is 2.26 bits per heavy atom. The van der Waals surface area contributed by atoms with Crippen molar-refractivity contribution in [2.24, 2.45) is 11.7 Å². The highest BCUT2D eigenvalue weighted by Crippen LogP contribution is 2.27. The molecule has 1 saturated carbocycles. The van der Waals surface area contributed by atoms with Crippen LogP contribution in [-0.4, -0.2) is 45.9 Å². The Hall–Kier alpha value is -3.55. The van der Waals surface area contributed by atoms with Crippen LogP contribution in [0, 0.1) is 11.3 Å².